The number of phenolic OH excluding ortho intramolecular Hbond substituents is 1. The number of rotatable bonds is 4. The number of fused-ring (bicyclic) bond motifs is 2. The van der Waals surface area contributed by atoms with Crippen LogP contribution in [0.4, 0.5) is 15.1 Å². The molecule has 0 unspecified atom stereocenters. The number of hydrogen-bond donors (Lipinski definition) is 1. The minimum Gasteiger partial charge on any atom is -0.508 e. The third kappa shape index (κ3) is 4.59. The fourth-order valence-corrected chi connectivity index (χ4v) is 4.54. The van der Waals surface area contributed by atoms with Crippen molar-refractivity contribution in [1.29, 1.82) is 5.26 Å². The molecule has 1 N–H and O–H groups in total. The number of halogens is 1. The van der Waals surface area contributed by atoms with Crippen molar-refractivity contribution >= 4 is 17.7 Å². The highest BCUT2D eigenvalue weighted by Gasteiger charge is 2.30. The minimum absolute atomic E-state index is 0.111. The quantitative estimate of drug-likeness (QED) is 0.392. The molecule has 0 aliphatic carbocycles. The van der Waals surface area contributed by atoms with E-state index in [-0.39, 0.29) is 23.9 Å². The van der Waals surface area contributed by atoms with Gasteiger partial charge in [-0.1, -0.05) is 6.07 Å². The lowest BCUT2D eigenvalue weighted by Gasteiger charge is -2.28. The Bertz CT molecular complexity index is 1620. The number of nitriles is 1. The average Bonchev–Trinajstić information content (AvgIpc) is 3.50. The summed E-state index contributed by atoms with van der Waals surface area (Å²) < 4.78 is 27.9. The Kier molecular flexibility index (Phi) is 6.15. The first-order chi connectivity index (χ1) is 18.1. The van der Waals surface area contributed by atoms with Crippen LogP contribution < -0.4 is 9.64 Å². The summed E-state index contributed by atoms with van der Waals surface area (Å²) >= 11 is 0. The van der Waals surface area contributed by atoms with Crippen molar-refractivity contribution in [2.24, 2.45) is 0 Å². The largest absolute Gasteiger partial charge is 0.508 e. The number of ether oxygens (including phenoxy) is 2. The van der Waals surface area contributed by atoms with Gasteiger partial charge in [0.15, 0.2) is 11.3 Å². The average molecular weight is 516 g/mol. The molecular weight excluding hydrogens is 489 g/mol. The number of aryl methyl sites for hydroxylation is 1. The molecule has 2 aromatic carbocycles. The number of phenols is 1. The summed E-state index contributed by atoms with van der Waals surface area (Å²) in [5.74, 6) is 0.333. The number of amides is 1. The van der Waals surface area contributed by atoms with Crippen LogP contribution in [-0.2, 0) is 17.7 Å². The maximum Gasteiger partial charge on any atom is 0.417 e. The molecule has 1 aliphatic heterocycles. The van der Waals surface area contributed by atoms with Gasteiger partial charge in [0.05, 0.1) is 19.3 Å². The highest BCUT2D eigenvalue weighted by molar-refractivity contribution is 5.88. The summed E-state index contributed by atoms with van der Waals surface area (Å²) in [5.41, 5.74) is 2.76. The van der Waals surface area contributed by atoms with E-state index in [0.29, 0.717) is 41.1 Å². The molecule has 38 heavy (non-hydrogen) atoms. The van der Waals surface area contributed by atoms with Crippen LogP contribution in [0.25, 0.3) is 16.8 Å². The monoisotopic (exact) mass is 515 g/mol. The maximum absolute atomic E-state index is 15.1. The van der Waals surface area contributed by atoms with Crippen molar-refractivity contribution in [3.63, 3.8) is 0 Å². The van der Waals surface area contributed by atoms with E-state index in [4.69, 9.17) is 9.47 Å². The summed E-state index contributed by atoms with van der Waals surface area (Å²) in [6, 6.07) is 9.83. The zero-order valence-electron chi connectivity index (χ0n) is 21.4. The Morgan fingerprint density at radius 1 is 1.29 bits per heavy atom. The van der Waals surface area contributed by atoms with E-state index in [1.165, 1.54) is 21.6 Å². The highest BCUT2D eigenvalue weighted by atomic mass is 19.1. The van der Waals surface area contributed by atoms with Crippen molar-refractivity contribution in [1.82, 2.24) is 14.4 Å². The Labute approximate surface area is 218 Å². The van der Waals surface area contributed by atoms with Gasteiger partial charge in [0, 0.05) is 29.3 Å². The van der Waals surface area contributed by atoms with Crippen LogP contribution >= 0.6 is 0 Å². The number of carbonyl (C=O) groups excluding carboxylic acids is 1. The van der Waals surface area contributed by atoms with Gasteiger partial charge in [0.25, 0.3) is 0 Å². The van der Waals surface area contributed by atoms with Gasteiger partial charge in [-0.15, -0.1) is 0 Å². The Morgan fingerprint density at radius 3 is 2.79 bits per heavy atom. The predicted octanol–water partition coefficient (Wildman–Crippen LogP) is 5.30. The van der Waals surface area contributed by atoms with Gasteiger partial charge < -0.3 is 14.6 Å². The predicted molar refractivity (Wildman–Crippen MR) is 138 cm³/mol. The lowest BCUT2D eigenvalue weighted by atomic mass is 10.0. The summed E-state index contributed by atoms with van der Waals surface area (Å²) in [7, 11) is 0. The molecule has 9 nitrogen and oxygen atoms in total. The summed E-state index contributed by atoms with van der Waals surface area (Å²) in [6.45, 7) is 7.30. The van der Waals surface area contributed by atoms with E-state index >= 15 is 4.39 Å². The van der Waals surface area contributed by atoms with Gasteiger partial charge in [-0.05, 0) is 63.1 Å². The van der Waals surface area contributed by atoms with Crippen LogP contribution in [0, 0.1) is 24.1 Å². The highest BCUT2D eigenvalue weighted by Crippen LogP contribution is 2.34. The first kappa shape index (κ1) is 25.0. The van der Waals surface area contributed by atoms with Crippen LogP contribution in [0.5, 0.6) is 11.5 Å². The lowest BCUT2D eigenvalue weighted by Crippen LogP contribution is -2.38. The van der Waals surface area contributed by atoms with Crippen LogP contribution in [0.1, 0.15) is 43.2 Å². The summed E-state index contributed by atoms with van der Waals surface area (Å²) in [6.07, 6.45) is 2.80. The van der Waals surface area contributed by atoms with Crippen molar-refractivity contribution in [2.75, 3.05) is 11.5 Å². The van der Waals surface area contributed by atoms with E-state index < -0.39 is 17.5 Å². The molecule has 194 valence electrons. The van der Waals surface area contributed by atoms with E-state index in [0.717, 1.165) is 11.1 Å². The van der Waals surface area contributed by atoms with Gasteiger partial charge in [0.1, 0.15) is 29.0 Å². The molecule has 0 saturated heterocycles. The van der Waals surface area contributed by atoms with E-state index in [1.54, 1.807) is 51.2 Å². The first-order valence-corrected chi connectivity index (χ1v) is 12.1. The third-order valence-electron chi connectivity index (χ3n) is 6.20. The van der Waals surface area contributed by atoms with Gasteiger partial charge >= 0.3 is 6.09 Å². The molecule has 0 saturated carbocycles. The SMILES string of the molecule is Cc1cc(O)ccc1-c1cnc(N(Cc2c(F)ccc3c2CCO3)C(=O)OC(C)(C)C)n2cc(C#N)nc12. The van der Waals surface area contributed by atoms with Crippen molar-refractivity contribution in [2.45, 2.75) is 46.3 Å². The van der Waals surface area contributed by atoms with E-state index in [2.05, 4.69) is 9.97 Å². The summed E-state index contributed by atoms with van der Waals surface area (Å²) in [4.78, 5) is 23.8. The number of imidazole rings is 1. The van der Waals surface area contributed by atoms with Crippen LogP contribution in [-0.4, -0.2) is 37.8 Å². The van der Waals surface area contributed by atoms with Crippen molar-refractivity contribution in [3.8, 4) is 28.7 Å². The molecule has 1 aliphatic rings. The third-order valence-corrected chi connectivity index (χ3v) is 6.20. The van der Waals surface area contributed by atoms with Crippen LogP contribution in [0.2, 0.25) is 0 Å². The molecule has 10 heteroatoms. The van der Waals surface area contributed by atoms with Gasteiger partial charge in [0.2, 0.25) is 5.95 Å². The van der Waals surface area contributed by atoms with E-state index in [9.17, 15) is 15.2 Å². The van der Waals surface area contributed by atoms with Crippen molar-refractivity contribution < 1.29 is 23.8 Å². The maximum atomic E-state index is 15.1. The Hall–Kier alpha value is -4.65. The molecular formula is C28H26FN5O4. The molecule has 0 bridgehead atoms. The molecule has 2 aromatic heterocycles. The fourth-order valence-electron chi connectivity index (χ4n) is 4.54. The number of carbonyl (C=O) groups is 1. The van der Waals surface area contributed by atoms with Crippen molar-refractivity contribution in [3.05, 3.63) is 70.9 Å². The minimum atomic E-state index is -0.829. The normalized spacial score (nSPS) is 12.6. The van der Waals surface area contributed by atoms with Gasteiger partial charge in [-0.25, -0.2) is 24.1 Å². The number of aromatic nitrogens is 3. The molecule has 1 amide bonds. The number of anilines is 1. The topological polar surface area (TPSA) is 113 Å². The number of aromatic hydroxyl groups is 1. The molecule has 0 spiro atoms. The number of benzene rings is 2. The molecule has 0 atom stereocenters. The Morgan fingerprint density at radius 2 is 2.08 bits per heavy atom. The van der Waals surface area contributed by atoms with E-state index in [1.807, 2.05) is 13.0 Å². The molecule has 0 fully saturated rings. The number of nitrogens with zero attached hydrogens (tertiary/aromatic N) is 5. The smallest absolute Gasteiger partial charge is 0.417 e. The Balaban J connectivity index is 1.70. The first-order valence-electron chi connectivity index (χ1n) is 12.1. The van der Waals surface area contributed by atoms with Gasteiger partial charge in [-0.3, -0.25) is 4.40 Å². The molecule has 3 heterocycles. The standard InChI is InChI=1S/C28H26FN5O4/c1-16-11-18(35)5-6-19(16)21-13-31-26(33-14-17(12-30)32-25(21)33)34(27(36)38-28(2,3)4)15-22-20-9-10-37-24(20)8-7-23(22)29/h5-8,11,13-14,35H,9-10,15H2,1-4H3. The lowest BCUT2D eigenvalue weighted by molar-refractivity contribution is 0.0574. The van der Waals surface area contributed by atoms with Gasteiger partial charge in [-0.2, -0.15) is 5.26 Å². The van der Waals surface area contributed by atoms with Crippen LogP contribution in [0.3, 0.4) is 0 Å². The molecule has 0 radical (unpaired) electrons. The second-order valence-electron chi connectivity index (χ2n) is 10.1. The second kappa shape index (κ2) is 9.34. The second-order valence-corrected chi connectivity index (χ2v) is 10.1. The zero-order chi connectivity index (χ0) is 27.2. The molecule has 5 rings (SSSR count). The fraction of sp³-hybridized carbons (Fsp3) is 0.286. The zero-order valence-corrected chi connectivity index (χ0v) is 21.4. The summed E-state index contributed by atoms with van der Waals surface area (Å²) in [5, 5.41) is 19.5. The number of hydrogen-bond acceptors (Lipinski definition) is 7. The molecule has 4 aromatic rings. The van der Waals surface area contributed by atoms with Crippen LogP contribution in [0.15, 0.2) is 42.7 Å².